The van der Waals surface area contributed by atoms with Gasteiger partial charge >= 0.3 is 0 Å². The molecular weight excluding hydrogens is 253 g/mol. The van der Waals surface area contributed by atoms with Gasteiger partial charge in [0.15, 0.2) is 0 Å². The quantitative estimate of drug-likeness (QED) is 0.844. The summed E-state index contributed by atoms with van der Waals surface area (Å²) in [6.07, 6.45) is 5.90. The van der Waals surface area contributed by atoms with Crippen molar-refractivity contribution >= 4 is 27.5 Å². The lowest BCUT2D eigenvalue weighted by molar-refractivity contribution is -0.0390. The fourth-order valence-electron chi connectivity index (χ4n) is 1.52. The van der Waals surface area contributed by atoms with Crippen molar-refractivity contribution in [3.63, 3.8) is 0 Å². The fraction of sp³-hybridized carbons (Fsp3) is 0.444. The Morgan fingerprint density at radius 1 is 1.46 bits per heavy atom. The lowest BCUT2D eigenvalue weighted by atomic mass is 9.76. The topological polar surface area (TPSA) is 33.1 Å². The van der Waals surface area contributed by atoms with Crippen LogP contribution in [-0.4, -0.2) is 10.1 Å². The molecule has 2 nitrogen and oxygen atoms in total. The summed E-state index contributed by atoms with van der Waals surface area (Å²) < 4.78 is 0.743. The Kier molecular flexibility index (Phi) is 2.34. The summed E-state index contributed by atoms with van der Waals surface area (Å²) >= 11 is 9.33. The van der Waals surface area contributed by atoms with Crippen molar-refractivity contribution in [3.05, 3.63) is 27.5 Å². The van der Waals surface area contributed by atoms with Gasteiger partial charge in [-0.1, -0.05) is 11.6 Å². The molecule has 1 fully saturated rings. The molecule has 1 heterocycles. The molecule has 1 saturated carbocycles. The van der Waals surface area contributed by atoms with E-state index in [0.717, 1.165) is 29.3 Å². The average Bonchev–Trinajstić information content (AvgIpc) is 2.06. The number of halogens is 2. The Balaban J connectivity index is 2.45. The van der Waals surface area contributed by atoms with Gasteiger partial charge in [0, 0.05) is 18.0 Å². The van der Waals surface area contributed by atoms with Crippen LogP contribution in [0.2, 0.25) is 5.02 Å². The van der Waals surface area contributed by atoms with Crippen molar-refractivity contribution in [1.82, 2.24) is 4.98 Å². The minimum atomic E-state index is -0.728. The maximum atomic E-state index is 10.0. The molecule has 0 saturated heterocycles. The van der Waals surface area contributed by atoms with E-state index in [4.69, 9.17) is 11.6 Å². The van der Waals surface area contributed by atoms with Crippen LogP contribution in [0.1, 0.15) is 24.8 Å². The highest BCUT2D eigenvalue weighted by atomic mass is 79.9. The van der Waals surface area contributed by atoms with Crippen LogP contribution in [0.25, 0.3) is 0 Å². The zero-order chi connectivity index (χ0) is 9.47. The Labute approximate surface area is 90.1 Å². The van der Waals surface area contributed by atoms with Gasteiger partial charge in [0.05, 0.1) is 15.1 Å². The second kappa shape index (κ2) is 3.23. The lowest BCUT2D eigenvalue weighted by Gasteiger charge is -2.37. The molecule has 0 bridgehead atoms. The van der Waals surface area contributed by atoms with Gasteiger partial charge in [0.1, 0.15) is 0 Å². The molecule has 0 spiro atoms. The summed E-state index contributed by atoms with van der Waals surface area (Å²) in [6, 6.07) is 0. The summed E-state index contributed by atoms with van der Waals surface area (Å²) in [6.45, 7) is 0. The van der Waals surface area contributed by atoms with E-state index in [1.807, 2.05) is 0 Å². The van der Waals surface area contributed by atoms with Crippen LogP contribution in [0.15, 0.2) is 16.9 Å². The number of aliphatic hydroxyl groups is 1. The molecule has 1 N–H and O–H groups in total. The minimum absolute atomic E-state index is 0.581. The van der Waals surface area contributed by atoms with Gasteiger partial charge in [-0.15, -0.1) is 0 Å². The molecule has 1 aliphatic rings. The first-order valence-corrected chi connectivity index (χ1v) is 5.32. The normalized spacial score (nSPS) is 19.6. The van der Waals surface area contributed by atoms with Crippen molar-refractivity contribution in [2.75, 3.05) is 0 Å². The highest BCUT2D eigenvalue weighted by molar-refractivity contribution is 9.10. The molecule has 0 amide bonds. The van der Waals surface area contributed by atoms with Crippen molar-refractivity contribution < 1.29 is 5.11 Å². The number of pyridine rings is 1. The van der Waals surface area contributed by atoms with Crippen LogP contribution in [0.4, 0.5) is 0 Å². The van der Waals surface area contributed by atoms with Crippen LogP contribution in [-0.2, 0) is 5.60 Å². The molecule has 1 aromatic rings. The zero-order valence-corrected chi connectivity index (χ0v) is 9.27. The van der Waals surface area contributed by atoms with Gasteiger partial charge in [-0.2, -0.15) is 0 Å². The predicted octanol–water partition coefficient (Wildman–Crippen LogP) is 2.87. The predicted molar refractivity (Wildman–Crippen MR) is 54.7 cm³/mol. The fourth-order valence-corrected chi connectivity index (χ4v) is 2.13. The largest absolute Gasteiger partial charge is 0.385 e. The summed E-state index contributed by atoms with van der Waals surface area (Å²) in [4.78, 5) is 4.00. The number of rotatable bonds is 1. The lowest BCUT2D eigenvalue weighted by Crippen LogP contribution is -2.34. The van der Waals surface area contributed by atoms with E-state index in [1.54, 1.807) is 12.4 Å². The molecule has 0 unspecified atom stereocenters. The molecule has 1 aromatic heterocycles. The summed E-state index contributed by atoms with van der Waals surface area (Å²) in [7, 11) is 0. The highest BCUT2D eigenvalue weighted by Crippen LogP contribution is 2.44. The molecule has 70 valence electrons. The second-order valence-corrected chi connectivity index (χ2v) is 4.60. The maximum Gasteiger partial charge on any atom is 0.0926 e. The van der Waals surface area contributed by atoms with E-state index in [0.29, 0.717) is 5.02 Å². The van der Waals surface area contributed by atoms with Crippen LogP contribution >= 0.6 is 27.5 Å². The smallest absolute Gasteiger partial charge is 0.0926 e. The van der Waals surface area contributed by atoms with E-state index < -0.39 is 5.60 Å². The van der Waals surface area contributed by atoms with Crippen LogP contribution in [0.3, 0.4) is 0 Å². The van der Waals surface area contributed by atoms with Gasteiger partial charge in [-0.05, 0) is 35.2 Å². The standard InChI is InChI=1S/C9H9BrClNO/c10-7-5-12-4-6(8(7)11)9(13)2-1-3-9/h4-5,13H,1-3H2. The van der Waals surface area contributed by atoms with Crippen molar-refractivity contribution in [1.29, 1.82) is 0 Å². The molecule has 0 radical (unpaired) electrons. The summed E-state index contributed by atoms with van der Waals surface area (Å²) in [5, 5.41) is 10.6. The van der Waals surface area contributed by atoms with Gasteiger partial charge in [-0.25, -0.2) is 0 Å². The highest BCUT2D eigenvalue weighted by Gasteiger charge is 2.38. The van der Waals surface area contributed by atoms with Crippen LogP contribution in [0.5, 0.6) is 0 Å². The molecule has 0 aromatic carbocycles. The summed E-state index contributed by atoms with van der Waals surface area (Å²) in [5.41, 5.74) is 0.0169. The third-order valence-electron chi connectivity index (χ3n) is 2.52. The average molecular weight is 263 g/mol. The molecule has 13 heavy (non-hydrogen) atoms. The van der Waals surface area contributed by atoms with Crippen molar-refractivity contribution in [2.24, 2.45) is 0 Å². The SMILES string of the molecule is OC1(c2cncc(Br)c2Cl)CCC1. The van der Waals surface area contributed by atoms with Crippen molar-refractivity contribution in [2.45, 2.75) is 24.9 Å². The second-order valence-electron chi connectivity index (χ2n) is 3.37. The first-order chi connectivity index (χ1) is 6.13. The van der Waals surface area contributed by atoms with E-state index in [-0.39, 0.29) is 0 Å². The Bertz CT molecular complexity index is 338. The van der Waals surface area contributed by atoms with Crippen LogP contribution < -0.4 is 0 Å². The Hall–Kier alpha value is -0.120. The number of aromatic nitrogens is 1. The summed E-state index contributed by atoms with van der Waals surface area (Å²) in [5.74, 6) is 0. The Morgan fingerprint density at radius 3 is 2.69 bits per heavy atom. The van der Waals surface area contributed by atoms with E-state index >= 15 is 0 Å². The number of nitrogens with zero attached hydrogens (tertiary/aromatic N) is 1. The monoisotopic (exact) mass is 261 g/mol. The van der Waals surface area contributed by atoms with E-state index in [2.05, 4.69) is 20.9 Å². The van der Waals surface area contributed by atoms with E-state index in [9.17, 15) is 5.11 Å². The van der Waals surface area contributed by atoms with Gasteiger partial charge < -0.3 is 5.11 Å². The third-order valence-corrected chi connectivity index (χ3v) is 3.76. The third kappa shape index (κ3) is 1.49. The van der Waals surface area contributed by atoms with E-state index in [1.165, 1.54) is 0 Å². The molecule has 0 aliphatic heterocycles. The maximum absolute atomic E-state index is 10.0. The minimum Gasteiger partial charge on any atom is -0.385 e. The molecule has 2 rings (SSSR count). The molecule has 4 heteroatoms. The zero-order valence-electron chi connectivity index (χ0n) is 6.93. The van der Waals surface area contributed by atoms with Gasteiger partial charge in [0.2, 0.25) is 0 Å². The number of hydrogen-bond acceptors (Lipinski definition) is 2. The first-order valence-electron chi connectivity index (χ1n) is 4.15. The van der Waals surface area contributed by atoms with Crippen LogP contribution in [0, 0.1) is 0 Å². The van der Waals surface area contributed by atoms with Gasteiger partial charge in [0.25, 0.3) is 0 Å². The first kappa shape index (κ1) is 9.44. The Morgan fingerprint density at radius 2 is 2.15 bits per heavy atom. The van der Waals surface area contributed by atoms with Gasteiger partial charge in [-0.3, -0.25) is 4.98 Å². The number of hydrogen-bond donors (Lipinski definition) is 1. The molecule has 0 atom stereocenters. The van der Waals surface area contributed by atoms with Crippen molar-refractivity contribution in [3.8, 4) is 0 Å². The molecule has 1 aliphatic carbocycles. The molecular formula is C9H9BrClNO.